The van der Waals surface area contributed by atoms with E-state index in [0.717, 1.165) is 25.0 Å². The maximum Gasteiger partial charge on any atom is 0.416 e. The second-order valence-electron chi connectivity index (χ2n) is 9.18. The summed E-state index contributed by atoms with van der Waals surface area (Å²) in [4.78, 5) is 39.3. The molecule has 5 rings (SSSR count). The van der Waals surface area contributed by atoms with Gasteiger partial charge >= 0.3 is 11.9 Å². The van der Waals surface area contributed by atoms with Gasteiger partial charge in [0.2, 0.25) is 0 Å². The van der Waals surface area contributed by atoms with Gasteiger partial charge in [-0.3, -0.25) is 9.36 Å². The van der Waals surface area contributed by atoms with Crippen molar-refractivity contribution in [3.05, 3.63) is 52.9 Å². The van der Waals surface area contributed by atoms with Gasteiger partial charge < -0.3 is 25.8 Å². The van der Waals surface area contributed by atoms with Gasteiger partial charge in [0.25, 0.3) is 5.91 Å². The Morgan fingerprint density at radius 3 is 2.69 bits per heavy atom. The molecule has 10 nitrogen and oxygen atoms in total. The Morgan fingerprint density at radius 2 is 2.03 bits per heavy atom. The molecule has 13 heteroatoms. The van der Waals surface area contributed by atoms with Gasteiger partial charge in [-0.2, -0.15) is 13.2 Å². The summed E-state index contributed by atoms with van der Waals surface area (Å²) in [5.41, 5.74) is 5.98. The fourth-order valence-electron chi connectivity index (χ4n) is 4.30. The van der Waals surface area contributed by atoms with Crippen LogP contribution in [0.5, 0.6) is 0 Å². The maximum atomic E-state index is 13.0. The zero-order chi connectivity index (χ0) is 25.8. The van der Waals surface area contributed by atoms with Crippen molar-refractivity contribution >= 4 is 34.3 Å². The third kappa shape index (κ3) is 4.25. The van der Waals surface area contributed by atoms with Crippen molar-refractivity contribution in [2.75, 3.05) is 42.2 Å². The molecule has 1 aromatic carbocycles. The molecule has 36 heavy (non-hydrogen) atoms. The second-order valence-corrected chi connectivity index (χ2v) is 9.18. The predicted molar refractivity (Wildman–Crippen MR) is 129 cm³/mol. The molecule has 1 saturated heterocycles. The number of nitrogens with two attached hydrogens (primary N) is 1. The predicted octanol–water partition coefficient (Wildman–Crippen LogP) is 2.26. The van der Waals surface area contributed by atoms with Gasteiger partial charge in [0.05, 0.1) is 22.6 Å². The first-order valence-corrected chi connectivity index (χ1v) is 11.4. The average Bonchev–Trinajstić information content (AvgIpc) is 3.58. The smallest absolute Gasteiger partial charge is 0.393 e. The van der Waals surface area contributed by atoms with Crippen LogP contribution in [-0.2, 0) is 11.0 Å². The molecule has 1 saturated carbocycles. The summed E-state index contributed by atoms with van der Waals surface area (Å²) in [5, 5.41) is 2.85. The van der Waals surface area contributed by atoms with Crippen LogP contribution in [0.1, 0.15) is 24.4 Å². The summed E-state index contributed by atoms with van der Waals surface area (Å²) in [6.07, 6.45) is -0.947. The highest BCUT2D eigenvalue weighted by Crippen LogP contribution is 2.36. The highest BCUT2D eigenvalue weighted by molar-refractivity contribution is 5.97. The molecule has 2 fully saturated rings. The van der Waals surface area contributed by atoms with E-state index in [0.29, 0.717) is 42.7 Å². The molecule has 0 radical (unpaired) electrons. The molecule has 1 aliphatic carbocycles. The lowest BCUT2D eigenvalue weighted by molar-refractivity contribution is -0.137. The number of fused-ring (bicyclic) bond motifs is 1. The number of aromatic nitrogens is 4. The van der Waals surface area contributed by atoms with E-state index in [2.05, 4.69) is 26.8 Å². The summed E-state index contributed by atoms with van der Waals surface area (Å²) in [6.45, 7) is 5.19. The molecule has 190 valence electrons. The Morgan fingerprint density at radius 1 is 1.31 bits per heavy atom. The number of hydrogen-bond donors (Lipinski definition) is 3. The Hall–Kier alpha value is -4.03. The molecule has 0 unspecified atom stereocenters. The topological polar surface area (TPSA) is 125 Å². The number of hydrogen-bond acceptors (Lipinski definition) is 7. The van der Waals surface area contributed by atoms with Crippen LogP contribution in [0.2, 0.25) is 0 Å². The highest BCUT2D eigenvalue weighted by atomic mass is 19.4. The molecule has 4 N–H and O–H groups in total. The van der Waals surface area contributed by atoms with Crippen LogP contribution in [0.25, 0.3) is 11.0 Å². The number of rotatable bonds is 7. The van der Waals surface area contributed by atoms with Crippen LogP contribution in [0.4, 0.5) is 30.5 Å². The van der Waals surface area contributed by atoms with Crippen LogP contribution >= 0.6 is 0 Å². The van der Waals surface area contributed by atoms with Crippen LogP contribution in [0, 0.1) is 5.92 Å². The molecule has 3 heterocycles. The molecule has 0 atom stereocenters. The van der Waals surface area contributed by atoms with Crippen molar-refractivity contribution in [2.45, 2.75) is 25.1 Å². The normalized spacial score (nSPS) is 16.2. The summed E-state index contributed by atoms with van der Waals surface area (Å²) < 4.78 is 40.5. The maximum absolute atomic E-state index is 13.0. The minimum Gasteiger partial charge on any atom is -0.393 e. The Bertz CT molecular complexity index is 1400. The molecular weight excluding hydrogens is 477 g/mol. The first kappa shape index (κ1) is 23.7. The van der Waals surface area contributed by atoms with E-state index in [4.69, 9.17) is 5.73 Å². The van der Waals surface area contributed by atoms with Crippen molar-refractivity contribution in [2.24, 2.45) is 5.92 Å². The molecule has 3 aromatic rings. The van der Waals surface area contributed by atoms with E-state index in [-0.39, 0.29) is 28.9 Å². The van der Waals surface area contributed by atoms with Crippen molar-refractivity contribution in [1.29, 1.82) is 0 Å². The van der Waals surface area contributed by atoms with E-state index >= 15 is 0 Å². The van der Waals surface area contributed by atoms with Gasteiger partial charge in [-0.25, -0.2) is 14.8 Å². The Kier molecular flexibility index (Phi) is 5.64. The number of carbonyl (C=O) groups excluding carboxylic acids is 1. The fraction of sp³-hybridized carbons (Fsp3) is 0.391. The summed E-state index contributed by atoms with van der Waals surface area (Å²) in [5.74, 6) is 0.972. The van der Waals surface area contributed by atoms with Gasteiger partial charge in [-0.05, 0) is 37.0 Å². The number of nitrogens with one attached hydrogen (secondary N) is 2. The first-order chi connectivity index (χ1) is 17.0. The van der Waals surface area contributed by atoms with Crippen LogP contribution in [0.3, 0.4) is 0 Å². The standard InChI is InChI=1S/C23H25F3N8O2/c1-12(21(35)28-8-13-3-4-13)32(2)19-18(27)20(30-11-29-19)33-9-15(10-33)34-17-6-5-14(23(24,25)26)7-16(17)31-22(34)36/h5-7,11,13,15H,1,3-4,8-10,27H2,2H3,(H,28,35)(H,31,36). The number of H-pyrrole nitrogens is 1. The summed E-state index contributed by atoms with van der Waals surface area (Å²) in [6, 6.07) is 2.90. The zero-order valence-electron chi connectivity index (χ0n) is 19.5. The second kappa shape index (κ2) is 8.57. The monoisotopic (exact) mass is 502 g/mol. The number of imidazole rings is 1. The lowest BCUT2D eigenvalue weighted by Gasteiger charge is -2.41. The Balaban J connectivity index is 1.31. The number of nitrogens with zero attached hydrogens (tertiary/aromatic N) is 5. The minimum absolute atomic E-state index is 0.122. The van der Waals surface area contributed by atoms with E-state index in [1.807, 2.05) is 4.90 Å². The Labute approximate surface area is 203 Å². The van der Waals surface area contributed by atoms with Gasteiger partial charge in [0.15, 0.2) is 11.6 Å². The number of aromatic amines is 1. The largest absolute Gasteiger partial charge is 0.416 e. The quantitative estimate of drug-likeness (QED) is 0.423. The SMILES string of the molecule is C=C(C(=O)NCC1CC1)N(C)c1ncnc(N2CC(n3c(=O)[nH]c4cc(C(F)(F)F)ccc43)C2)c1N. The van der Waals surface area contributed by atoms with Gasteiger partial charge in [-0.1, -0.05) is 6.58 Å². The third-order valence-corrected chi connectivity index (χ3v) is 6.65. The summed E-state index contributed by atoms with van der Waals surface area (Å²) >= 11 is 0. The number of halogens is 3. The van der Waals surface area contributed by atoms with Crippen LogP contribution in [0.15, 0.2) is 41.6 Å². The molecule has 0 spiro atoms. The number of nitrogen functional groups attached to an aromatic ring is 1. The van der Waals surface area contributed by atoms with E-state index in [1.165, 1.54) is 21.9 Å². The highest BCUT2D eigenvalue weighted by Gasteiger charge is 2.35. The number of amides is 1. The van der Waals surface area contributed by atoms with Crippen LogP contribution in [-0.4, -0.2) is 52.1 Å². The number of carbonyl (C=O) groups is 1. The van der Waals surface area contributed by atoms with Crippen molar-refractivity contribution in [3.63, 3.8) is 0 Å². The van der Waals surface area contributed by atoms with Crippen molar-refractivity contribution in [3.8, 4) is 0 Å². The summed E-state index contributed by atoms with van der Waals surface area (Å²) in [7, 11) is 1.64. The first-order valence-electron chi connectivity index (χ1n) is 11.4. The van der Waals surface area contributed by atoms with Gasteiger partial charge in [0.1, 0.15) is 17.7 Å². The van der Waals surface area contributed by atoms with E-state index in [9.17, 15) is 22.8 Å². The number of likely N-dealkylation sites (N-methyl/N-ethyl adjacent to an activating group) is 1. The fourth-order valence-corrected chi connectivity index (χ4v) is 4.30. The molecule has 0 bridgehead atoms. The van der Waals surface area contributed by atoms with Crippen molar-refractivity contribution < 1.29 is 18.0 Å². The number of alkyl halides is 3. The van der Waals surface area contributed by atoms with Gasteiger partial charge in [0, 0.05) is 26.7 Å². The number of anilines is 3. The van der Waals surface area contributed by atoms with E-state index < -0.39 is 17.4 Å². The zero-order valence-corrected chi connectivity index (χ0v) is 19.5. The minimum atomic E-state index is -4.50. The van der Waals surface area contributed by atoms with Gasteiger partial charge in [-0.15, -0.1) is 0 Å². The molecule has 1 aliphatic heterocycles. The van der Waals surface area contributed by atoms with Crippen LogP contribution < -0.4 is 26.5 Å². The lowest BCUT2D eigenvalue weighted by atomic mass is 10.1. The lowest BCUT2D eigenvalue weighted by Crippen LogP contribution is -2.50. The molecular formula is C23H25F3N8O2. The average molecular weight is 503 g/mol. The number of benzene rings is 1. The van der Waals surface area contributed by atoms with E-state index in [1.54, 1.807) is 7.05 Å². The van der Waals surface area contributed by atoms with Crippen molar-refractivity contribution in [1.82, 2.24) is 24.8 Å². The molecule has 1 amide bonds. The molecule has 2 aromatic heterocycles. The molecule has 2 aliphatic rings. The third-order valence-electron chi connectivity index (χ3n) is 6.65.